The van der Waals surface area contributed by atoms with Gasteiger partial charge in [0, 0.05) is 23.2 Å². The van der Waals surface area contributed by atoms with Crippen molar-refractivity contribution in [2.24, 2.45) is 0 Å². The molecular formula is C18H19ClN2O3S. The molecule has 0 unspecified atom stereocenters. The highest BCUT2D eigenvalue weighted by Gasteiger charge is 2.28. The van der Waals surface area contributed by atoms with Crippen LogP contribution in [0.4, 0.5) is 5.69 Å². The average molecular weight is 379 g/mol. The van der Waals surface area contributed by atoms with Crippen LogP contribution in [0.2, 0.25) is 5.02 Å². The molecular weight excluding hydrogens is 360 g/mol. The molecule has 1 aliphatic rings. The fourth-order valence-corrected chi connectivity index (χ4v) is 3.98. The second-order valence-electron chi connectivity index (χ2n) is 6.06. The van der Waals surface area contributed by atoms with E-state index in [4.69, 9.17) is 11.6 Å². The van der Waals surface area contributed by atoms with E-state index in [0.29, 0.717) is 17.1 Å². The SMILES string of the molecule is O=C(CCc1ccccc1Cl)Nc1cccc(S(=O)(=O)NC2CC2)c1. The highest BCUT2D eigenvalue weighted by Crippen LogP contribution is 2.23. The Balaban J connectivity index is 1.61. The van der Waals surface area contributed by atoms with Crippen LogP contribution in [-0.2, 0) is 21.2 Å². The van der Waals surface area contributed by atoms with E-state index in [1.54, 1.807) is 18.2 Å². The van der Waals surface area contributed by atoms with Gasteiger partial charge in [0.05, 0.1) is 4.90 Å². The van der Waals surface area contributed by atoms with Crippen molar-refractivity contribution in [1.82, 2.24) is 4.72 Å². The van der Waals surface area contributed by atoms with E-state index < -0.39 is 10.0 Å². The Morgan fingerprint density at radius 2 is 1.88 bits per heavy atom. The van der Waals surface area contributed by atoms with Gasteiger partial charge in [0.1, 0.15) is 0 Å². The fraction of sp³-hybridized carbons (Fsp3) is 0.278. The highest BCUT2D eigenvalue weighted by molar-refractivity contribution is 7.89. The van der Waals surface area contributed by atoms with Crippen molar-refractivity contribution in [3.05, 3.63) is 59.1 Å². The maximum Gasteiger partial charge on any atom is 0.240 e. The quantitative estimate of drug-likeness (QED) is 0.775. The number of anilines is 1. The number of rotatable bonds is 7. The number of halogens is 1. The van der Waals surface area contributed by atoms with Crippen LogP contribution in [0.3, 0.4) is 0 Å². The second-order valence-corrected chi connectivity index (χ2v) is 8.18. The molecule has 1 amide bonds. The lowest BCUT2D eigenvalue weighted by atomic mass is 10.1. The summed E-state index contributed by atoms with van der Waals surface area (Å²) < 4.78 is 27.1. The third-order valence-electron chi connectivity index (χ3n) is 3.91. The number of carbonyl (C=O) groups is 1. The van der Waals surface area contributed by atoms with Crippen LogP contribution in [0.15, 0.2) is 53.4 Å². The van der Waals surface area contributed by atoms with Crippen LogP contribution in [-0.4, -0.2) is 20.4 Å². The third kappa shape index (κ3) is 5.04. The summed E-state index contributed by atoms with van der Waals surface area (Å²) in [6, 6.07) is 13.7. The first kappa shape index (κ1) is 17.9. The topological polar surface area (TPSA) is 75.3 Å². The van der Waals surface area contributed by atoms with Gasteiger partial charge >= 0.3 is 0 Å². The molecule has 132 valence electrons. The van der Waals surface area contributed by atoms with E-state index in [1.807, 2.05) is 18.2 Å². The Hall–Kier alpha value is -1.89. The zero-order valence-corrected chi connectivity index (χ0v) is 15.1. The standard InChI is InChI=1S/C18H19ClN2O3S/c19-17-7-2-1-4-13(17)8-11-18(22)20-15-5-3-6-16(12-15)25(23,24)21-14-9-10-14/h1-7,12,14,21H,8-11H2,(H,20,22). The number of nitrogens with one attached hydrogen (secondary N) is 2. The van der Waals surface area contributed by atoms with Gasteiger partial charge in [0.2, 0.25) is 15.9 Å². The van der Waals surface area contributed by atoms with Crippen LogP contribution in [0.25, 0.3) is 0 Å². The highest BCUT2D eigenvalue weighted by atomic mass is 35.5. The van der Waals surface area contributed by atoms with Crippen molar-refractivity contribution in [1.29, 1.82) is 0 Å². The summed E-state index contributed by atoms with van der Waals surface area (Å²) in [6.07, 6.45) is 2.53. The Morgan fingerprint density at radius 3 is 2.60 bits per heavy atom. The summed E-state index contributed by atoms with van der Waals surface area (Å²) in [7, 11) is -3.53. The first-order valence-corrected chi connectivity index (χ1v) is 9.96. The molecule has 0 heterocycles. The molecule has 0 aromatic heterocycles. The van der Waals surface area contributed by atoms with Crippen molar-refractivity contribution in [3.63, 3.8) is 0 Å². The van der Waals surface area contributed by atoms with Gasteiger partial charge in [-0.25, -0.2) is 13.1 Å². The normalized spacial score (nSPS) is 14.3. The largest absolute Gasteiger partial charge is 0.326 e. The summed E-state index contributed by atoms with van der Waals surface area (Å²) in [4.78, 5) is 12.3. The van der Waals surface area contributed by atoms with Crippen molar-refractivity contribution in [2.75, 3.05) is 5.32 Å². The first-order valence-electron chi connectivity index (χ1n) is 8.10. The molecule has 1 fully saturated rings. The van der Waals surface area contributed by atoms with Gasteiger partial charge in [-0.05, 0) is 49.1 Å². The maximum absolute atomic E-state index is 12.2. The molecule has 0 spiro atoms. The third-order valence-corrected chi connectivity index (χ3v) is 5.79. The summed E-state index contributed by atoms with van der Waals surface area (Å²) in [5.41, 5.74) is 1.37. The first-order chi connectivity index (χ1) is 11.9. The molecule has 25 heavy (non-hydrogen) atoms. The van der Waals surface area contributed by atoms with Crippen LogP contribution >= 0.6 is 11.6 Å². The number of carbonyl (C=O) groups excluding carboxylic acids is 1. The summed E-state index contributed by atoms with van der Waals surface area (Å²) in [5.74, 6) is -0.190. The molecule has 3 rings (SSSR count). The molecule has 5 nitrogen and oxygen atoms in total. The van der Waals surface area contributed by atoms with Gasteiger partial charge in [-0.1, -0.05) is 35.9 Å². The molecule has 7 heteroatoms. The molecule has 2 aromatic carbocycles. The van der Waals surface area contributed by atoms with Crippen LogP contribution in [0.1, 0.15) is 24.8 Å². The number of sulfonamides is 1. The molecule has 0 saturated heterocycles. The number of benzene rings is 2. The lowest BCUT2D eigenvalue weighted by Crippen LogP contribution is -2.25. The molecule has 0 radical (unpaired) electrons. The monoisotopic (exact) mass is 378 g/mol. The van der Waals surface area contributed by atoms with Crippen molar-refractivity contribution in [2.45, 2.75) is 36.6 Å². The predicted octanol–water partition coefficient (Wildman–Crippen LogP) is 3.35. The van der Waals surface area contributed by atoms with Gasteiger partial charge in [-0.15, -0.1) is 0 Å². The summed E-state index contributed by atoms with van der Waals surface area (Å²) in [5, 5.41) is 3.37. The number of hydrogen-bond acceptors (Lipinski definition) is 3. The molecule has 0 atom stereocenters. The van der Waals surface area contributed by atoms with E-state index in [-0.39, 0.29) is 23.3 Å². The van der Waals surface area contributed by atoms with Crippen LogP contribution in [0, 0.1) is 0 Å². The molecule has 1 aliphatic carbocycles. The minimum absolute atomic E-state index is 0.0406. The smallest absolute Gasteiger partial charge is 0.240 e. The minimum atomic E-state index is -3.53. The lowest BCUT2D eigenvalue weighted by molar-refractivity contribution is -0.116. The Labute approximate surface area is 152 Å². The summed E-state index contributed by atoms with van der Waals surface area (Å²) in [6.45, 7) is 0. The summed E-state index contributed by atoms with van der Waals surface area (Å²) >= 11 is 6.08. The van der Waals surface area contributed by atoms with Gasteiger partial charge in [-0.3, -0.25) is 4.79 Å². The Morgan fingerprint density at radius 1 is 1.12 bits per heavy atom. The van der Waals surface area contributed by atoms with E-state index in [1.165, 1.54) is 12.1 Å². The molecule has 0 bridgehead atoms. The van der Waals surface area contributed by atoms with E-state index in [9.17, 15) is 13.2 Å². The fourth-order valence-electron chi connectivity index (χ4n) is 2.40. The number of aryl methyl sites for hydroxylation is 1. The van der Waals surface area contributed by atoms with Crippen LogP contribution < -0.4 is 10.0 Å². The maximum atomic E-state index is 12.2. The van der Waals surface area contributed by atoms with Crippen molar-refractivity contribution < 1.29 is 13.2 Å². The molecule has 1 saturated carbocycles. The lowest BCUT2D eigenvalue weighted by Gasteiger charge is -2.09. The zero-order chi connectivity index (χ0) is 17.9. The Bertz CT molecular complexity index is 879. The van der Waals surface area contributed by atoms with Crippen molar-refractivity contribution in [3.8, 4) is 0 Å². The van der Waals surface area contributed by atoms with E-state index in [2.05, 4.69) is 10.0 Å². The number of amides is 1. The molecule has 2 aromatic rings. The molecule has 0 aliphatic heterocycles. The van der Waals surface area contributed by atoms with Gasteiger partial charge in [0.15, 0.2) is 0 Å². The Kier molecular flexibility index (Phi) is 5.42. The van der Waals surface area contributed by atoms with Gasteiger partial charge in [-0.2, -0.15) is 0 Å². The van der Waals surface area contributed by atoms with E-state index >= 15 is 0 Å². The second kappa shape index (κ2) is 7.56. The predicted molar refractivity (Wildman–Crippen MR) is 98.2 cm³/mol. The zero-order valence-electron chi connectivity index (χ0n) is 13.5. The number of hydrogen-bond donors (Lipinski definition) is 2. The van der Waals surface area contributed by atoms with E-state index in [0.717, 1.165) is 18.4 Å². The average Bonchev–Trinajstić information content (AvgIpc) is 3.38. The minimum Gasteiger partial charge on any atom is -0.326 e. The van der Waals surface area contributed by atoms with Gasteiger partial charge < -0.3 is 5.32 Å². The van der Waals surface area contributed by atoms with Crippen molar-refractivity contribution >= 4 is 33.2 Å². The van der Waals surface area contributed by atoms with Gasteiger partial charge in [0.25, 0.3) is 0 Å². The molecule has 2 N–H and O–H groups in total. The van der Waals surface area contributed by atoms with Crippen LogP contribution in [0.5, 0.6) is 0 Å².